The van der Waals surface area contributed by atoms with Gasteiger partial charge in [0.25, 0.3) is 0 Å². The van der Waals surface area contributed by atoms with Gasteiger partial charge in [-0.15, -0.1) is 0 Å². The van der Waals surface area contributed by atoms with Gasteiger partial charge in [-0.2, -0.15) is 0 Å². The summed E-state index contributed by atoms with van der Waals surface area (Å²) in [6.07, 6.45) is 0. The maximum absolute atomic E-state index is 10.7. The minimum absolute atomic E-state index is 0.0370. The van der Waals surface area contributed by atoms with Crippen molar-refractivity contribution < 1.29 is 4.79 Å². The number of benzene rings is 1. The molecule has 4 nitrogen and oxygen atoms in total. The third-order valence-corrected chi connectivity index (χ3v) is 2.66. The van der Waals surface area contributed by atoms with Crippen molar-refractivity contribution in [1.29, 1.82) is 0 Å². The molecule has 1 aromatic rings. The SMILES string of the molecule is CC(=O)NCCNC(=S)Nc1ccc(C)cc1C. The molecule has 98 valence electrons. The van der Waals surface area contributed by atoms with E-state index in [2.05, 4.69) is 28.9 Å². The number of nitrogens with one attached hydrogen (secondary N) is 3. The fraction of sp³-hybridized carbons (Fsp3) is 0.385. The van der Waals surface area contributed by atoms with Crippen LogP contribution in [0.25, 0.3) is 0 Å². The lowest BCUT2D eigenvalue weighted by Crippen LogP contribution is -2.36. The zero-order valence-electron chi connectivity index (χ0n) is 11.0. The number of thiocarbonyl (C=S) groups is 1. The van der Waals surface area contributed by atoms with Gasteiger partial charge < -0.3 is 16.0 Å². The summed E-state index contributed by atoms with van der Waals surface area (Å²) < 4.78 is 0. The van der Waals surface area contributed by atoms with Gasteiger partial charge in [0.1, 0.15) is 0 Å². The lowest BCUT2D eigenvalue weighted by Gasteiger charge is -2.13. The zero-order chi connectivity index (χ0) is 13.5. The fourth-order valence-corrected chi connectivity index (χ4v) is 1.75. The number of amides is 1. The molecule has 3 N–H and O–H groups in total. The quantitative estimate of drug-likeness (QED) is 0.573. The molecular weight excluding hydrogens is 246 g/mol. The van der Waals surface area contributed by atoms with Crippen LogP contribution in [0.2, 0.25) is 0 Å². The number of hydrogen-bond acceptors (Lipinski definition) is 2. The Morgan fingerprint density at radius 1 is 1.22 bits per heavy atom. The summed E-state index contributed by atoms with van der Waals surface area (Å²) in [6.45, 7) is 6.75. The lowest BCUT2D eigenvalue weighted by molar-refractivity contribution is -0.118. The van der Waals surface area contributed by atoms with E-state index in [1.165, 1.54) is 12.5 Å². The summed E-state index contributed by atoms with van der Waals surface area (Å²) in [7, 11) is 0. The molecule has 1 aromatic carbocycles. The molecule has 5 heteroatoms. The molecule has 0 saturated heterocycles. The molecule has 0 aromatic heterocycles. The molecule has 0 heterocycles. The number of rotatable bonds is 4. The first-order valence-corrected chi connectivity index (χ1v) is 6.26. The summed E-state index contributed by atoms with van der Waals surface area (Å²) in [5, 5.41) is 9.42. The summed E-state index contributed by atoms with van der Waals surface area (Å²) in [6, 6.07) is 6.14. The Bertz CT molecular complexity index is 446. The molecule has 0 unspecified atom stereocenters. The normalized spacial score (nSPS) is 9.72. The maximum atomic E-state index is 10.7. The third kappa shape index (κ3) is 5.14. The maximum Gasteiger partial charge on any atom is 0.216 e. The first-order chi connectivity index (χ1) is 8.49. The van der Waals surface area contributed by atoms with E-state index >= 15 is 0 Å². The van der Waals surface area contributed by atoms with E-state index in [9.17, 15) is 4.79 Å². The van der Waals surface area contributed by atoms with E-state index in [0.29, 0.717) is 18.2 Å². The van der Waals surface area contributed by atoms with Crippen LogP contribution in [0.15, 0.2) is 18.2 Å². The van der Waals surface area contributed by atoms with Crippen molar-refractivity contribution in [2.75, 3.05) is 18.4 Å². The molecule has 0 aliphatic heterocycles. The van der Waals surface area contributed by atoms with Gasteiger partial charge in [0.15, 0.2) is 5.11 Å². The predicted octanol–water partition coefficient (Wildman–Crippen LogP) is 1.73. The molecule has 0 fully saturated rings. The molecule has 0 aliphatic carbocycles. The average molecular weight is 265 g/mol. The van der Waals surface area contributed by atoms with Crippen LogP contribution >= 0.6 is 12.2 Å². The van der Waals surface area contributed by atoms with Gasteiger partial charge in [-0.05, 0) is 37.7 Å². The smallest absolute Gasteiger partial charge is 0.216 e. The van der Waals surface area contributed by atoms with Crippen molar-refractivity contribution in [3.05, 3.63) is 29.3 Å². The number of carbonyl (C=O) groups excluding carboxylic acids is 1. The number of hydrogen-bond donors (Lipinski definition) is 3. The van der Waals surface area contributed by atoms with Gasteiger partial charge in [0, 0.05) is 25.7 Å². The van der Waals surface area contributed by atoms with Crippen molar-refractivity contribution in [2.24, 2.45) is 0 Å². The second kappa shape index (κ2) is 6.96. The average Bonchev–Trinajstić information content (AvgIpc) is 2.28. The highest BCUT2D eigenvalue weighted by Gasteiger charge is 2.01. The summed E-state index contributed by atoms with van der Waals surface area (Å²) >= 11 is 5.17. The monoisotopic (exact) mass is 265 g/mol. The van der Waals surface area contributed by atoms with Crippen LogP contribution in [0.5, 0.6) is 0 Å². The minimum Gasteiger partial charge on any atom is -0.361 e. The van der Waals surface area contributed by atoms with E-state index < -0.39 is 0 Å². The minimum atomic E-state index is -0.0370. The molecule has 1 amide bonds. The van der Waals surface area contributed by atoms with Crippen molar-refractivity contribution >= 4 is 28.9 Å². The molecular formula is C13H19N3OS. The van der Waals surface area contributed by atoms with Crippen LogP contribution in [0.1, 0.15) is 18.1 Å². The molecule has 0 bridgehead atoms. The van der Waals surface area contributed by atoms with Gasteiger partial charge >= 0.3 is 0 Å². The highest BCUT2D eigenvalue weighted by molar-refractivity contribution is 7.80. The Morgan fingerprint density at radius 3 is 2.50 bits per heavy atom. The molecule has 0 atom stereocenters. The van der Waals surface area contributed by atoms with Crippen LogP contribution in [-0.4, -0.2) is 24.1 Å². The van der Waals surface area contributed by atoms with Gasteiger partial charge in [-0.25, -0.2) is 0 Å². The number of carbonyl (C=O) groups is 1. The van der Waals surface area contributed by atoms with Crippen LogP contribution in [0.4, 0.5) is 5.69 Å². The van der Waals surface area contributed by atoms with E-state index in [0.717, 1.165) is 11.3 Å². The summed E-state index contributed by atoms with van der Waals surface area (Å²) in [4.78, 5) is 10.7. The van der Waals surface area contributed by atoms with E-state index in [4.69, 9.17) is 12.2 Å². The van der Waals surface area contributed by atoms with Gasteiger partial charge in [0.05, 0.1) is 0 Å². The Balaban J connectivity index is 2.38. The second-order valence-corrected chi connectivity index (χ2v) is 4.59. The highest BCUT2D eigenvalue weighted by atomic mass is 32.1. The fourth-order valence-electron chi connectivity index (χ4n) is 1.53. The van der Waals surface area contributed by atoms with Crippen molar-refractivity contribution in [1.82, 2.24) is 10.6 Å². The van der Waals surface area contributed by atoms with E-state index in [-0.39, 0.29) is 5.91 Å². The van der Waals surface area contributed by atoms with Crippen molar-refractivity contribution in [3.63, 3.8) is 0 Å². The van der Waals surface area contributed by atoms with Gasteiger partial charge in [0.2, 0.25) is 5.91 Å². The summed E-state index contributed by atoms with van der Waals surface area (Å²) in [5.74, 6) is -0.0370. The first-order valence-electron chi connectivity index (χ1n) is 5.85. The van der Waals surface area contributed by atoms with Crippen molar-refractivity contribution in [2.45, 2.75) is 20.8 Å². The van der Waals surface area contributed by atoms with E-state index in [1.807, 2.05) is 19.1 Å². The number of aryl methyl sites for hydroxylation is 2. The Kier molecular flexibility index (Phi) is 5.58. The van der Waals surface area contributed by atoms with Gasteiger partial charge in [-0.1, -0.05) is 17.7 Å². The Labute approximate surface area is 113 Å². The molecule has 0 radical (unpaired) electrons. The molecule has 0 aliphatic rings. The van der Waals surface area contributed by atoms with Crippen LogP contribution in [0.3, 0.4) is 0 Å². The zero-order valence-corrected chi connectivity index (χ0v) is 11.8. The van der Waals surface area contributed by atoms with Crippen LogP contribution < -0.4 is 16.0 Å². The lowest BCUT2D eigenvalue weighted by atomic mass is 10.1. The summed E-state index contributed by atoms with van der Waals surface area (Å²) in [5.41, 5.74) is 3.38. The Morgan fingerprint density at radius 2 is 1.89 bits per heavy atom. The van der Waals surface area contributed by atoms with E-state index in [1.54, 1.807) is 0 Å². The molecule has 0 saturated carbocycles. The Hall–Kier alpha value is -1.62. The van der Waals surface area contributed by atoms with Gasteiger partial charge in [-0.3, -0.25) is 4.79 Å². The standard InChI is InChI=1S/C13H19N3OS/c1-9-4-5-12(10(2)8-9)16-13(18)15-7-6-14-11(3)17/h4-5,8H,6-7H2,1-3H3,(H,14,17)(H2,15,16,18). The first kappa shape index (κ1) is 14.4. The predicted molar refractivity (Wildman–Crippen MR) is 78.8 cm³/mol. The third-order valence-electron chi connectivity index (χ3n) is 2.41. The second-order valence-electron chi connectivity index (χ2n) is 4.18. The largest absolute Gasteiger partial charge is 0.361 e. The highest BCUT2D eigenvalue weighted by Crippen LogP contribution is 2.15. The molecule has 18 heavy (non-hydrogen) atoms. The molecule has 1 rings (SSSR count). The van der Waals surface area contributed by atoms with Crippen LogP contribution in [-0.2, 0) is 4.79 Å². The topological polar surface area (TPSA) is 53.2 Å². The molecule has 0 spiro atoms. The van der Waals surface area contributed by atoms with Crippen molar-refractivity contribution in [3.8, 4) is 0 Å². The number of anilines is 1. The van der Waals surface area contributed by atoms with Crippen LogP contribution in [0, 0.1) is 13.8 Å².